The van der Waals surface area contributed by atoms with Crippen LogP contribution < -0.4 is 0 Å². The highest BCUT2D eigenvalue weighted by atomic mass is 19.2. The molecule has 102 valence electrons. The second kappa shape index (κ2) is 4.86. The monoisotopic (exact) mass is 276 g/mol. The summed E-state index contributed by atoms with van der Waals surface area (Å²) in [5.41, 5.74) is 0.0291. The van der Waals surface area contributed by atoms with Gasteiger partial charge in [-0.3, -0.25) is 0 Å². The van der Waals surface area contributed by atoms with Gasteiger partial charge in [0.1, 0.15) is 17.6 Å². The number of hydrogen-bond acceptors (Lipinski definition) is 3. The lowest BCUT2D eigenvalue weighted by molar-refractivity contribution is 0.210. The van der Waals surface area contributed by atoms with E-state index in [0.29, 0.717) is 0 Å². The Morgan fingerprint density at radius 1 is 1.25 bits per heavy atom. The summed E-state index contributed by atoms with van der Waals surface area (Å²) in [6.07, 6.45) is 4.70. The van der Waals surface area contributed by atoms with Crippen LogP contribution in [-0.4, -0.2) is 24.9 Å². The molecule has 0 saturated carbocycles. The van der Waals surface area contributed by atoms with E-state index in [4.69, 9.17) is 0 Å². The maximum absolute atomic E-state index is 14.0. The van der Waals surface area contributed by atoms with Crippen molar-refractivity contribution in [1.82, 2.24) is 19.7 Å². The number of halogens is 2. The normalized spacial score (nSPS) is 12.6. The quantitative estimate of drug-likeness (QED) is 0.768. The number of H-pyrrole nitrogens is 1. The predicted octanol–water partition coefficient (Wildman–Crippen LogP) is 1.96. The van der Waals surface area contributed by atoms with Gasteiger partial charge in [-0.2, -0.15) is 5.10 Å². The summed E-state index contributed by atoms with van der Waals surface area (Å²) in [5.74, 6) is -1.84. The molecule has 0 aliphatic carbocycles. The topological polar surface area (TPSA) is 66.7 Å². The largest absolute Gasteiger partial charge is 0.380 e. The van der Waals surface area contributed by atoms with E-state index in [2.05, 4.69) is 15.1 Å². The van der Waals surface area contributed by atoms with Crippen LogP contribution in [0.15, 0.2) is 43.0 Å². The number of aliphatic hydroxyl groups excluding tert-OH is 1. The van der Waals surface area contributed by atoms with E-state index in [1.807, 2.05) is 0 Å². The van der Waals surface area contributed by atoms with Gasteiger partial charge < -0.3 is 10.1 Å². The molecule has 3 rings (SSSR count). The Hall–Kier alpha value is -2.54. The molecule has 1 atom stereocenters. The molecule has 20 heavy (non-hydrogen) atoms. The van der Waals surface area contributed by atoms with Crippen molar-refractivity contribution >= 4 is 0 Å². The molecule has 0 fully saturated rings. The maximum Gasteiger partial charge on any atom is 0.184 e. The zero-order valence-corrected chi connectivity index (χ0v) is 10.2. The first-order chi connectivity index (χ1) is 9.68. The lowest BCUT2D eigenvalue weighted by atomic mass is 10.1. The van der Waals surface area contributed by atoms with E-state index in [9.17, 15) is 13.9 Å². The Bertz CT molecular complexity index is 710. The van der Waals surface area contributed by atoms with Crippen molar-refractivity contribution in [2.45, 2.75) is 6.10 Å². The van der Waals surface area contributed by atoms with Gasteiger partial charge in [-0.1, -0.05) is 6.07 Å². The number of nitrogens with zero attached hydrogens (tertiary/aromatic N) is 3. The number of aromatic amines is 1. The zero-order valence-electron chi connectivity index (χ0n) is 10.2. The Balaban J connectivity index is 2.19. The van der Waals surface area contributed by atoms with E-state index in [0.717, 1.165) is 6.07 Å². The molecular weight excluding hydrogens is 266 g/mol. The van der Waals surface area contributed by atoms with Crippen LogP contribution in [0, 0.1) is 11.6 Å². The standard InChI is InChI=1S/C13H10F2N4O/c14-9-3-2-8(12(20)13-16-5-6-17-13)11(10(9)15)19-7-1-4-18-19/h1-7,12,20H,(H,16,17). The van der Waals surface area contributed by atoms with Crippen LogP contribution in [0.1, 0.15) is 17.5 Å². The van der Waals surface area contributed by atoms with Crippen LogP contribution in [0.25, 0.3) is 5.69 Å². The van der Waals surface area contributed by atoms with Crippen molar-refractivity contribution in [3.05, 3.63) is 66.0 Å². The summed E-state index contributed by atoms with van der Waals surface area (Å²) in [6, 6.07) is 3.85. The first-order valence-electron chi connectivity index (χ1n) is 5.83. The van der Waals surface area contributed by atoms with E-state index in [1.165, 1.54) is 35.5 Å². The van der Waals surface area contributed by atoms with Gasteiger partial charge in [0, 0.05) is 30.4 Å². The summed E-state index contributed by atoms with van der Waals surface area (Å²) in [6.45, 7) is 0. The van der Waals surface area contributed by atoms with E-state index < -0.39 is 17.7 Å². The summed E-state index contributed by atoms with van der Waals surface area (Å²) in [4.78, 5) is 6.65. The Kier molecular flexibility index (Phi) is 3.03. The average molecular weight is 276 g/mol. The van der Waals surface area contributed by atoms with Gasteiger partial charge in [0.25, 0.3) is 0 Å². The SMILES string of the molecule is OC(c1ncc[nH]1)c1ccc(F)c(F)c1-n1cccn1. The van der Waals surface area contributed by atoms with Crippen LogP contribution in [-0.2, 0) is 0 Å². The Labute approximate surface area is 112 Å². The third kappa shape index (κ3) is 1.97. The second-order valence-electron chi connectivity index (χ2n) is 4.13. The molecule has 2 heterocycles. The number of nitrogens with one attached hydrogen (secondary N) is 1. The van der Waals surface area contributed by atoms with Crippen molar-refractivity contribution in [2.75, 3.05) is 0 Å². The minimum atomic E-state index is -1.21. The third-order valence-corrected chi connectivity index (χ3v) is 2.91. The Morgan fingerprint density at radius 2 is 2.10 bits per heavy atom. The average Bonchev–Trinajstić information content (AvgIpc) is 3.13. The molecule has 3 aromatic rings. The highest BCUT2D eigenvalue weighted by molar-refractivity contribution is 5.45. The van der Waals surface area contributed by atoms with Crippen LogP contribution >= 0.6 is 0 Å². The molecule has 0 aliphatic rings. The number of hydrogen-bond donors (Lipinski definition) is 2. The number of aromatic nitrogens is 4. The van der Waals surface area contributed by atoms with Gasteiger partial charge in [-0.15, -0.1) is 0 Å². The summed E-state index contributed by atoms with van der Waals surface area (Å²) in [5, 5.41) is 14.1. The predicted molar refractivity (Wildman–Crippen MR) is 66.1 cm³/mol. The van der Waals surface area contributed by atoms with Gasteiger partial charge >= 0.3 is 0 Å². The van der Waals surface area contributed by atoms with Crippen molar-refractivity contribution in [3.8, 4) is 5.69 Å². The fourth-order valence-corrected chi connectivity index (χ4v) is 1.98. The lowest BCUT2D eigenvalue weighted by Crippen LogP contribution is -2.11. The number of rotatable bonds is 3. The van der Waals surface area contributed by atoms with Gasteiger partial charge in [0.05, 0.1) is 0 Å². The third-order valence-electron chi connectivity index (χ3n) is 2.91. The number of aliphatic hydroxyl groups is 1. The van der Waals surface area contributed by atoms with Crippen LogP contribution in [0.3, 0.4) is 0 Å². The fraction of sp³-hybridized carbons (Fsp3) is 0.0769. The smallest absolute Gasteiger partial charge is 0.184 e. The van der Waals surface area contributed by atoms with Crippen molar-refractivity contribution < 1.29 is 13.9 Å². The number of imidazole rings is 1. The molecule has 0 bridgehead atoms. The molecule has 0 spiro atoms. The molecule has 2 aromatic heterocycles. The minimum Gasteiger partial charge on any atom is -0.380 e. The second-order valence-corrected chi connectivity index (χ2v) is 4.13. The van der Waals surface area contributed by atoms with E-state index in [1.54, 1.807) is 6.07 Å². The first-order valence-corrected chi connectivity index (χ1v) is 5.83. The summed E-state index contributed by atoms with van der Waals surface area (Å²) in [7, 11) is 0. The van der Waals surface area contributed by atoms with Crippen LogP contribution in [0.2, 0.25) is 0 Å². The molecule has 1 aromatic carbocycles. The molecule has 2 N–H and O–H groups in total. The van der Waals surface area contributed by atoms with Gasteiger partial charge in [-0.05, 0) is 12.1 Å². The molecular formula is C13H10F2N4O. The van der Waals surface area contributed by atoms with Crippen molar-refractivity contribution in [1.29, 1.82) is 0 Å². The molecule has 5 nitrogen and oxygen atoms in total. The zero-order chi connectivity index (χ0) is 14.1. The maximum atomic E-state index is 14.0. The fourth-order valence-electron chi connectivity index (χ4n) is 1.98. The number of benzene rings is 1. The Morgan fingerprint density at radius 3 is 2.75 bits per heavy atom. The van der Waals surface area contributed by atoms with Crippen molar-refractivity contribution in [3.63, 3.8) is 0 Å². The molecule has 1 unspecified atom stereocenters. The summed E-state index contributed by atoms with van der Waals surface area (Å²) >= 11 is 0. The molecule has 0 radical (unpaired) electrons. The lowest BCUT2D eigenvalue weighted by Gasteiger charge is -2.15. The van der Waals surface area contributed by atoms with Gasteiger partial charge in [0.15, 0.2) is 11.6 Å². The van der Waals surface area contributed by atoms with Crippen molar-refractivity contribution in [2.24, 2.45) is 0 Å². The molecule has 7 heteroatoms. The molecule has 0 saturated heterocycles. The van der Waals surface area contributed by atoms with Gasteiger partial charge in [-0.25, -0.2) is 18.4 Å². The van der Waals surface area contributed by atoms with Crippen LogP contribution in [0.4, 0.5) is 8.78 Å². The minimum absolute atomic E-state index is 0.140. The molecule has 0 aliphatic heterocycles. The highest BCUT2D eigenvalue weighted by Gasteiger charge is 2.23. The van der Waals surface area contributed by atoms with Crippen LogP contribution in [0.5, 0.6) is 0 Å². The van der Waals surface area contributed by atoms with Gasteiger partial charge in [0.2, 0.25) is 0 Å². The van der Waals surface area contributed by atoms with E-state index in [-0.39, 0.29) is 17.1 Å². The highest BCUT2D eigenvalue weighted by Crippen LogP contribution is 2.28. The van der Waals surface area contributed by atoms with E-state index >= 15 is 0 Å². The molecule has 0 amide bonds. The first kappa shape index (κ1) is 12.5. The summed E-state index contributed by atoms with van der Waals surface area (Å²) < 4.78 is 28.7.